The summed E-state index contributed by atoms with van der Waals surface area (Å²) in [6.45, 7) is 1.71. The summed E-state index contributed by atoms with van der Waals surface area (Å²) in [7, 11) is 0. The number of furan rings is 1. The maximum absolute atomic E-state index is 11.9. The lowest BCUT2D eigenvalue weighted by molar-refractivity contribution is -0.122. The smallest absolute Gasteiger partial charge is 0.255 e. The number of nitrogens with one attached hydrogen (secondary N) is 3. The van der Waals surface area contributed by atoms with E-state index < -0.39 is 11.9 Å². The molecule has 2 heterocycles. The van der Waals surface area contributed by atoms with E-state index in [1.165, 1.54) is 18.6 Å². The molecule has 0 spiro atoms. The van der Waals surface area contributed by atoms with E-state index >= 15 is 0 Å². The first-order chi connectivity index (χ1) is 11.6. The lowest BCUT2D eigenvalue weighted by Gasteiger charge is -2.13. The third-order valence-electron chi connectivity index (χ3n) is 3.11. The van der Waals surface area contributed by atoms with Crippen LogP contribution in [-0.2, 0) is 9.59 Å². The zero-order valence-corrected chi connectivity index (χ0v) is 13.1. The molecule has 8 heteroatoms. The van der Waals surface area contributed by atoms with Gasteiger partial charge in [0.1, 0.15) is 18.1 Å². The molecule has 126 valence electrons. The van der Waals surface area contributed by atoms with Gasteiger partial charge in [-0.2, -0.15) is 0 Å². The van der Waals surface area contributed by atoms with Crippen LogP contribution in [-0.4, -0.2) is 35.3 Å². The fourth-order valence-corrected chi connectivity index (χ4v) is 1.83. The van der Waals surface area contributed by atoms with Crippen molar-refractivity contribution in [2.75, 3.05) is 11.9 Å². The summed E-state index contributed by atoms with van der Waals surface area (Å²) < 4.78 is 4.81. The average molecular weight is 330 g/mol. The first-order valence-electron chi connectivity index (χ1n) is 7.38. The van der Waals surface area contributed by atoms with E-state index in [2.05, 4.69) is 20.9 Å². The molecule has 2 rings (SSSR count). The zero-order chi connectivity index (χ0) is 17.4. The number of anilines is 1. The van der Waals surface area contributed by atoms with E-state index in [0.29, 0.717) is 11.4 Å². The van der Waals surface area contributed by atoms with Gasteiger partial charge in [0.25, 0.3) is 5.91 Å². The van der Waals surface area contributed by atoms with Crippen molar-refractivity contribution in [1.29, 1.82) is 0 Å². The number of carbonyl (C=O) groups excluding carboxylic acids is 3. The summed E-state index contributed by atoms with van der Waals surface area (Å²) in [4.78, 5) is 39.4. The molecular formula is C16H18N4O4. The first kappa shape index (κ1) is 17.2. The topological polar surface area (TPSA) is 113 Å². The Kier molecular flexibility index (Phi) is 6.07. The second-order valence-corrected chi connectivity index (χ2v) is 5.01. The molecule has 24 heavy (non-hydrogen) atoms. The molecule has 2 aromatic rings. The van der Waals surface area contributed by atoms with Crippen LogP contribution < -0.4 is 16.0 Å². The Labute approximate surface area is 138 Å². The maximum atomic E-state index is 11.9. The van der Waals surface area contributed by atoms with Crippen LogP contribution in [0.1, 0.15) is 23.7 Å². The van der Waals surface area contributed by atoms with Crippen LogP contribution in [0.3, 0.4) is 0 Å². The Morgan fingerprint density at radius 2 is 2.08 bits per heavy atom. The predicted molar refractivity (Wildman–Crippen MR) is 86.1 cm³/mol. The lowest BCUT2D eigenvalue weighted by atomic mass is 10.2. The second kappa shape index (κ2) is 8.47. The predicted octanol–water partition coefficient (Wildman–Crippen LogP) is 0.938. The summed E-state index contributed by atoms with van der Waals surface area (Å²) in [5.41, 5.74) is 0.337. The van der Waals surface area contributed by atoms with Crippen molar-refractivity contribution in [1.82, 2.24) is 15.6 Å². The Balaban J connectivity index is 1.68. The molecule has 0 saturated carbocycles. The van der Waals surface area contributed by atoms with Crippen molar-refractivity contribution in [2.45, 2.75) is 19.4 Å². The van der Waals surface area contributed by atoms with Crippen molar-refractivity contribution in [3.05, 3.63) is 48.6 Å². The van der Waals surface area contributed by atoms with Crippen LogP contribution >= 0.6 is 0 Å². The first-order valence-corrected chi connectivity index (χ1v) is 7.38. The van der Waals surface area contributed by atoms with E-state index in [1.807, 2.05) is 0 Å². The molecule has 8 nitrogen and oxygen atoms in total. The van der Waals surface area contributed by atoms with Crippen molar-refractivity contribution in [2.24, 2.45) is 0 Å². The number of pyridine rings is 1. The van der Waals surface area contributed by atoms with Crippen molar-refractivity contribution >= 4 is 23.5 Å². The zero-order valence-electron chi connectivity index (χ0n) is 13.1. The van der Waals surface area contributed by atoms with Crippen molar-refractivity contribution < 1.29 is 18.8 Å². The highest BCUT2D eigenvalue weighted by Crippen LogP contribution is 2.01. The van der Waals surface area contributed by atoms with Gasteiger partial charge in [0, 0.05) is 19.2 Å². The van der Waals surface area contributed by atoms with Crippen LogP contribution in [0.2, 0.25) is 0 Å². The summed E-state index contributed by atoms with van der Waals surface area (Å²) in [6, 6.07) is 5.95. The van der Waals surface area contributed by atoms with Crippen LogP contribution in [0.4, 0.5) is 5.82 Å². The largest absolute Gasteiger partial charge is 0.472 e. The van der Waals surface area contributed by atoms with E-state index in [0.717, 1.165) is 0 Å². The number of carbonyl (C=O) groups is 3. The van der Waals surface area contributed by atoms with Crippen LogP contribution in [0.25, 0.3) is 0 Å². The molecule has 0 aliphatic carbocycles. The third-order valence-corrected chi connectivity index (χ3v) is 3.11. The monoisotopic (exact) mass is 330 g/mol. The molecule has 1 atom stereocenters. The number of rotatable bonds is 7. The standard InChI is InChI=1S/C16H18N4O4/c1-11(19-16(23)12-6-9-24-10-12)15(22)18-8-5-14(21)20-13-4-2-3-7-17-13/h2-4,6-7,9-11H,5,8H2,1H3,(H,18,22)(H,19,23)(H,17,20,21). The van der Waals surface area contributed by atoms with Crippen LogP contribution in [0.5, 0.6) is 0 Å². The fourth-order valence-electron chi connectivity index (χ4n) is 1.83. The normalized spacial score (nSPS) is 11.4. The van der Waals surface area contributed by atoms with Crippen LogP contribution in [0.15, 0.2) is 47.4 Å². The van der Waals surface area contributed by atoms with Gasteiger partial charge in [0.15, 0.2) is 0 Å². The number of aromatic nitrogens is 1. The van der Waals surface area contributed by atoms with Gasteiger partial charge in [-0.1, -0.05) is 6.07 Å². The van der Waals surface area contributed by atoms with Gasteiger partial charge in [-0.15, -0.1) is 0 Å². The van der Waals surface area contributed by atoms with Crippen molar-refractivity contribution in [3.8, 4) is 0 Å². The minimum atomic E-state index is -0.730. The number of hydrogen-bond acceptors (Lipinski definition) is 5. The molecule has 1 unspecified atom stereocenters. The molecule has 0 fully saturated rings. The number of amides is 3. The van der Waals surface area contributed by atoms with Gasteiger partial charge in [-0.05, 0) is 25.1 Å². The average Bonchev–Trinajstić information content (AvgIpc) is 3.10. The summed E-state index contributed by atoms with van der Waals surface area (Å²) >= 11 is 0. The third kappa shape index (κ3) is 5.24. The highest BCUT2D eigenvalue weighted by Gasteiger charge is 2.17. The fraction of sp³-hybridized carbons (Fsp3) is 0.250. The number of hydrogen-bond donors (Lipinski definition) is 3. The molecule has 0 aliphatic heterocycles. The number of nitrogens with zero attached hydrogens (tertiary/aromatic N) is 1. The summed E-state index contributed by atoms with van der Waals surface area (Å²) in [6.07, 6.45) is 4.34. The quantitative estimate of drug-likeness (QED) is 0.699. The molecule has 0 radical (unpaired) electrons. The Bertz CT molecular complexity index is 685. The highest BCUT2D eigenvalue weighted by atomic mass is 16.3. The summed E-state index contributed by atoms with van der Waals surface area (Å²) in [5, 5.41) is 7.74. The van der Waals surface area contributed by atoms with Gasteiger partial charge in [0.2, 0.25) is 11.8 Å². The molecule has 3 amide bonds. The van der Waals surface area contributed by atoms with Crippen LogP contribution in [0, 0.1) is 0 Å². The Morgan fingerprint density at radius 1 is 1.25 bits per heavy atom. The minimum Gasteiger partial charge on any atom is -0.472 e. The Hall–Kier alpha value is -3.16. The van der Waals surface area contributed by atoms with Gasteiger partial charge in [-0.3, -0.25) is 14.4 Å². The molecule has 0 aromatic carbocycles. The second-order valence-electron chi connectivity index (χ2n) is 5.01. The van der Waals surface area contributed by atoms with Gasteiger partial charge in [0.05, 0.1) is 11.8 Å². The Morgan fingerprint density at radius 3 is 2.75 bits per heavy atom. The van der Waals surface area contributed by atoms with Crippen molar-refractivity contribution in [3.63, 3.8) is 0 Å². The SMILES string of the molecule is CC(NC(=O)c1ccoc1)C(=O)NCCC(=O)Nc1ccccn1. The maximum Gasteiger partial charge on any atom is 0.255 e. The lowest BCUT2D eigenvalue weighted by Crippen LogP contribution is -2.45. The molecule has 0 aliphatic rings. The highest BCUT2D eigenvalue weighted by molar-refractivity contribution is 5.97. The van der Waals surface area contributed by atoms with Gasteiger partial charge >= 0.3 is 0 Å². The molecular weight excluding hydrogens is 312 g/mol. The van der Waals surface area contributed by atoms with Gasteiger partial charge in [-0.25, -0.2) is 4.98 Å². The molecule has 0 saturated heterocycles. The van der Waals surface area contributed by atoms with E-state index in [4.69, 9.17) is 4.42 Å². The molecule has 0 bridgehead atoms. The van der Waals surface area contributed by atoms with E-state index in [-0.39, 0.29) is 24.8 Å². The summed E-state index contributed by atoms with van der Waals surface area (Å²) in [5.74, 6) is -0.588. The minimum absolute atomic E-state index is 0.102. The van der Waals surface area contributed by atoms with E-state index in [9.17, 15) is 14.4 Å². The van der Waals surface area contributed by atoms with E-state index in [1.54, 1.807) is 31.3 Å². The molecule has 2 aromatic heterocycles. The van der Waals surface area contributed by atoms with Gasteiger partial charge < -0.3 is 20.4 Å². The molecule has 3 N–H and O–H groups in total.